The molecule has 3 N–H and O–H groups in total. The molecule has 0 saturated heterocycles. The van der Waals surface area contributed by atoms with Gasteiger partial charge in [0, 0.05) is 31.3 Å². The summed E-state index contributed by atoms with van der Waals surface area (Å²) in [6.45, 7) is 1.43. The summed E-state index contributed by atoms with van der Waals surface area (Å²) in [6, 6.07) is 38.8. The maximum absolute atomic E-state index is 14.1. The Hall–Kier alpha value is -5.27. The number of aromatic nitrogens is 2. The number of hydrogen-bond donors (Lipinski definition) is 2. The summed E-state index contributed by atoms with van der Waals surface area (Å²) < 4.78 is 2.13. The van der Waals surface area contributed by atoms with Crippen LogP contribution in [-0.4, -0.2) is 39.8 Å². The second-order valence-corrected chi connectivity index (χ2v) is 11.6. The number of benzene rings is 5. The highest BCUT2D eigenvalue weighted by atomic mass is 16.2. The molecular formula is C38H38N6O. The van der Waals surface area contributed by atoms with Crippen molar-refractivity contribution in [3.63, 3.8) is 0 Å². The van der Waals surface area contributed by atoms with Crippen LogP contribution in [-0.2, 0) is 37.8 Å². The van der Waals surface area contributed by atoms with Crippen LogP contribution in [0.1, 0.15) is 28.1 Å². The number of nitrogen functional groups attached to an aromatic ring is 1. The van der Waals surface area contributed by atoms with Gasteiger partial charge in [-0.25, -0.2) is 4.98 Å². The number of nitrogens with two attached hydrogens (primary N) is 1. The van der Waals surface area contributed by atoms with Gasteiger partial charge in [0.25, 0.3) is 0 Å². The van der Waals surface area contributed by atoms with Crippen molar-refractivity contribution in [2.75, 3.05) is 18.5 Å². The summed E-state index contributed by atoms with van der Waals surface area (Å²) in [6.07, 6.45) is 1.59. The molecule has 6 aromatic rings. The number of aryl methyl sites for hydroxylation is 3. The molecule has 1 aromatic heterocycles. The molecule has 1 heterocycles. The molecule has 1 amide bonds. The van der Waals surface area contributed by atoms with E-state index in [-0.39, 0.29) is 18.3 Å². The zero-order valence-electron chi connectivity index (χ0n) is 25.8. The first-order valence-electron chi connectivity index (χ1n) is 15.2. The van der Waals surface area contributed by atoms with Gasteiger partial charge in [0.2, 0.25) is 5.91 Å². The van der Waals surface area contributed by atoms with Gasteiger partial charge >= 0.3 is 0 Å². The van der Waals surface area contributed by atoms with E-state index >= 15 is 0 Å². The number of carbonyl (C=O) groups excluding carboxylic acids is 1. The lowest BCUT2D eigenvalue weighted by Gasteiger charge is -2.26. The van der Waals surface area contributed by atoms with E-state index in [4.69, 9.17) is 16.1 Å². The molecule has 7 nitrogen and oxygen atoms in total. The number of amides is 1. The lowest BCUT2D eigenvalue weighted by molar-refractivity contribution is -0.119. The van der Waals surface area contributed by atoms with E-state index in [0.29, 0.717) is 13.1 Å². The Balaban J connectivity index is 1.28. The van der Waals surface area contributed by atoms with E-state index in [2.05, 4.69) is 58.0 Å². The first-order valence-corrected chi connectivity index (χ1v) is 15.2. The van der Waals surface area contributed by atoms with Gasteiger partial charge in [-0.3, -0.25) is 15.1 Å². The van der Waals surface area contributed by atoms with E-state index in [9.17, 15) is 4.79 Å². The number of imidazole rings is 1. The fourth-order valence-corrected chi connectivity index (χ4v) is 5.93. The SMILES string of the molecule is CN(CC(=O)N(Cc1cccc2ccccc12)c1ccc2c(c1)nc(CCc1ccc(C(=N)N)cc1)n2C)Cc1ccccc1. The van der Waals surface area contributed by atoms with Crippen LogP contribution in [0.15, 0.2) is 115 Å². The van der Waals surface area contributed by atoms with Crippen LogP contribution in [0.2, 0.25) is 0 Å². The molecule has 0 radical (unpaired) electrons. The monoisotopic (exact) mass is 594 g/mol. The van der Waals surface area contributed by atoms with Crippen LogP contribution in [0.5, 0.6) is 0 Å². The predicted octanol–water partition coefficient (Wildman–Crippen LogP) is 6.46. The Kier molecular flexibility index (Phi) is 8.71. The summed E-state index contributed by atoms with van der Waals surface area (Å²) in [7, 11) is 4.03. The summed E-state index contributed by atoms with van der Waals surface area (Å²) in [5, 5.41) is 9.92. The van der Waals surface area contributed by atoms with E-state index < -0.39 is 0 Å². The first-order chi connectivity index (χ1) is 21.9. The molecular weight excluding hydrogens is 556 g/mol. The van der Waals surface area contributed by atoms with Crippen molar-refractivity contribution in [2.45, 2.75) is 25.9 Å². The number of nitrogens with one attached hydrogen (secondary N) is 1. The summed E-state index contributed by atoms with van der Waals surface area (Å²) in [4.78, 5) is 23.0. The normalized spacial score (nSPS) is 11.4. The standard InChI is InChI=1S/C38H38N6O/c1-42(24-28-9-4-3-5-10-28)26-37(45)44(25-31-13-8-12-29-11-6-7-14-33(29)31)32-20-21-35-34(23-32)41-36(43(35)2)22-17-27-15-18-30(19-16-27)38(39)40/h3-16,18-21,23H,17,22,24-26H2,1-2H3,(H3,39,40). The van der Waals surface area contributed by atoms with E-state index in [1.165, 1.54) is 11.1 Å². The van der Waals surface area contributed by atoms with E-state index in [1.54, 1.807) is 0 Å². The van der Waals surface area contributed by atoms with Crippen LogP contribution >= 0.6 is 0 Å². The molecule has 0 aliphatic carbocycles. The van der Waals surface area contributed by atoms with Gasteiger partial charge in [-0.1, -0.05) is 97.1 Å². The molecule has 45 heavy (non-hydrogen) atoms. The Bertz CT molecular complexity index is 1960. The molecule has 7 heteroatoms. The van der Waals surface area contributed by atoms with Crippen LogP contribution in [0.4, 0.5) is 5.69 Å². The van der Waals surface area contributed by atoms with Crippen molar-refractivity contribution in [2.24, 2.45) is 12.8 Å². The topological polar surface area (TPSA) is 91.2 Å². The summed E-state index contributed by atoms with van der Waals surface area (Å²) in [5.41, 5.74) is 12.5. The maximum Gasteiger partial charge on any atom is 0.241 e. The highest BCUT2D eigenvalue weighted by molar-refractivity contribution is 5.97. The third-order valence-electron chi connectivity index (χ3n) is 8.38. The van der Waals surface area contributed by atoms with Gasteiger partial charge < -0.3 is 15.2 Å². The summed E-state index contributed by atoms with van der Waals surface area (Å²) in [5.74, 6) is 1.08. The molecule has 0 fully saturated rings. The highest BCUT2D eigenvalue weighted by Gasteiger charge is 2.21. The largest absolute Gasteiger partial charge is 0.384 e. The number of anilines is 1. The van der Waals surface area contributed by atoms with Gasteiger partial charge in [0.05, 0.1) is 24.1 Å². The molecule has 0 bridgehead atoms. The minimum absolute atomic E-state index is 0.0332. The molecule has 0 aliphatic heterocycles. The van der Waals surface area contributed by atoms with Crippen molar-refractivity contribution in [3.05, 3.63) is 143 Å². The smallest absolute Gasteiger partial charge is 0.241 e. The third kappa shape index (κ3) is 6.79. The fraction of sp³-hybridized carbons (Fsp3) is 0.184. The highest BCUT2D eigenvalue weighted by Crippen LogP contribution is 2.27. The Morgan fingerprint density at radius 3 is 2.33 bits per heavy atom. The van der Waals surface area contributed by atoms with Gasteiger partial charge in [-0.2, -0.15) is 0 Å². The third-order valence-corrected chi connectivity index (χ3v) is 8.38. The molecule has 0 saturated carbocycles. The van der Waals surface area contributed by atoms with Gasteiger partial charge in [-0.05, 0) is 59.1 Å². The average Bonchev–Trinajstić information content (AvgIpc) is 3.37. The molecule has 0 unspecified atom stereocenters. The number of nitrogens with zero attached hydrogens (tertiary/aromatic N) is 4. The lowest BCUT2D eigenvalue weighted by atomic mass is 10.0. The first kappa shape index (κ1) is 29.8. The molecule has 0 spiro atoms. The number of carbonyl (C=O) groups is 1. The number of hydrogen-bond acceptors (Lipinski definition) is 4. The zero-order chi connectivity index (χ0) is 31.3. The van der Waals surface area contributed by atoms with E-state index in [0.717, 1.165) is 57.3 Å². The molecule has 6 rings (SSSR count). The fourth-order valence-electron chi connectivity index (χ4n) is 5.93. The van der Waals surface area contributed by atoms with Crippen LogP contribution < -0.4 is 10.6 Å². The second-order valence-electron chi connectivity index (χ2n) is 11.6. The Morgan fingerprint density at radius 2 is 1.56 bits per heavy atom. The summed E-state index contributed by atoms with van der Waals surface area (Å²) >= 11 is 0. The van der Waals surface area contributed by atoms with E-state index in [1.807, 2.05) is 85.7 Å². The maximum atomic E-state index is 14.1. The van der Waals surface area contributed by atoms with Gasteiger partial charge in [0.15, 0.2) is 0 Å². The quantitative estimate of drug-likeness (QED) is 0.133. The lowest BCUT2D eigenvalue weighted by Crippen LogP contribution is -2.38. The van der Waals surface area contributed by atoms with Crippen molar-refractivity contribution >= 4 is 39.2 Å². The van der Waals surface area contributed by atoms with Crippen LogP contribution in [0.25, 0.3) is 21.8 Å². The van der Waals surface area contributed by atoms with Crippen molar-refractivity contribution in [1.82, 2.24) is 14.5 Å². The van der Waals surface area contributed by atoms with Crippen molar-refractivity contribution in [3.8, 4) is 0 Å². The second kappa shape index (κ2) is 13.2. The number of likely N-dealkylation sites (N-methyl/N-ethyl adjacent to an activating group) is 1. The zero-order valence-corrected chi connectivity index (χ0v) is 25.8. The van der Waals surface area contributed by atoms with Crippen LogP contribution in [0, 0.1) is 5.41 Å². The molecule has 0 aliphatic rings. The van der Waals surface area contributed by atoms with Crippen molar-refractivity contribution < 1.29 is 4.79 Å². The van der Waals surface area contributed by atoms with Gasteiger partial charge in [0.1, 0.15) is 11.7 Å². The number of rotatable bonds is 11. The Morgan fingerprint density at radius 1 is 0.822 bits per heavy atom. The van der Waals surface area contributed by atoms with Crippen molar-refractivity contribution in [1.29, 1.82) is 5.41 Å². The average molecular weight is 595 g/mol. The van der Waals surface area contributed by atoms with Crippen LogP contribution in [0.3, 0.4) is 0 Å². The Labute approximate surface area is 264 Å². The predicted molar refractivity (Wildman–Crippen MR) is 183 cm³/mol. The van der Waals surface area contributed by atoms with Gasteiger partial charge in [-0.15, -0.1) is 0 Å². The molecule has 226 valence electrons. The number of fused-ring (bicyclic) bond motifs is 2. The molecule has 0 atom stereocenters. The minimum atomic E-state index is 0.0332. The number of amidine groups is 1. The molecule has 5 aromatic carbocycles. The minimum Gasteiger partial charge on any atom is -0.384 e.